The molecule has 2 N–H and O–H groups in total. The standard InChI is InChI=1S/C13H21N3O4S/c1-15-5-7-16(8-6-15)14-21(18,19)13-9-11(10-17)3-4-12(13)20-2/h3-4,9,14,17H,5-8,10H2,1-2H3. The summed E-state index contributed by atoms with van der Waals surface area (Å²) in [6, 6.07) is 4.61. The van der Waals surface area contributed by atoms with Crippen molar-refractivity contribution in [2.45, 2.75) is 11.5 Å². The monoisotopic (exact) mass is 315 g/mol. The van der Waals surface area contributed by atoms with E-state index in [4.69, 9.17) is 9.84 Å². The highest BCUT2D eigenvalue weighted by molar-refractivity contribution is 7.89. The highest BCUT2D eigenvalue weighted by Gasteiger charge is 2.24. The fourth-order valence-electron chi connectivity index (χ4n) is 2.15. The Labute approximate surface area is 125 Å². The van der Waals surface area contributed by atoms with Crippen molar-refractivity contribution in [2.75, 3.05) is 40.3 Å². The number of rotatable bonds is 5. The molecular weight excluding hydrogens is 294 g/mol. The van der Waals surface area contributed by atoms with Crippen LogP contribution in [0.4, 0.5) is 0 Å². The molecule has 0 aliphatic carbocycles. The number of nitrogens with zero attached hydrogens (tertiary/aromatic N) is 2. The van der Waals surface area contributed by atoms with Crippen LogP contribution in [-0.2, 0) is 16.6 Å². The average molecular weight is 315 g/mol. The molecule has 8 heteroatoms. The van der Waals surface area contributed by atoms with E-state index in [0.717, 1.165) is 13.1 Å². The first-order chi connectivity index (χ1) is 9.96. The number of piperazine rings is 1. The van der Waals surface area contributed by atoms with Crippen molar-refractivity contribution in [2.24, 2.45) is 0 Å². The minimum absolute atomic E-state index is 0.0375. The number of aliphatic hydroxyl groups excluding tert-OH is 1. The van der Waals surface area contributed by atoms with Gasteiger partial charge >= 0.3 is 0 Å². The van der Waals surface area contributed by atoms with Crippen LogP contribution in [0.25, 0.3) is 0 Å². The van der Waals surface area contributed by atoms with Crippen LogP contribution in [0.15, 0.2) is 23.1 Å². The number of benzene rings is 1. The first kappa shape index (κ1) is 16.2. The first-order valence-electron chi connectivity index (χ1n) is 6.70. The molecule has 21 heavy (non-hydrogen) atoms. The third kappa shape index (κ3) is 3.92. The summed E-state index contributed by atoms with van der Waals surface area (Å²) >= 11 is 0. The zero-order valence-corrected chi connectivity index (χ0v) is 13.1. The van der Waals surface area contributed by atoms with Gasteiger partial charge < -0.3 is 14.7 Å². The van der Waals surface area contributed by atoms with Crippen LogP contribution in [0, 0.1) is 0 Å². The minimum Gasteiger partial charge on any atom is -0.495 e. The molecule has 2 rings (SSSR count). The Hall–Kier alpha value is -1.19. The number of hydrazine groups is 1. The molecule has 0 aromatic heterocycles. The van der Waals surface area contributed by atoms with Gasteiger partial charge in [0.15, 0.2) is 0 Å². The largest absolute Gasteiger partial charge is 0.495 e. The molecule has 0 bridgehead atoms. The van der Waals surface area contributed by atoms with Crippen LogP contribution in [0.2, 0.25) is 0 Å². The molecule has 7 nitrogen and oxygen atoms in total. The number of nitrogens with one attached hydrogen (secondary N) is 1. The summed E-state index contributed by atoms with van der Waals surface area (Å²) in [5, 5.41) is 10.9. The van der Waals surface area contributed by atoms with Gasteiger partial charge in [-0.2, -0.15) is 0 Å². The lowest BCUT2D eigenvalue weighted by molar-refractivity contribution is 0.134. The van der Waals surface area contributed by atoms with E-state index in [2.05, 4.69) is 9.73 Å². The van der Waals surface area contributed by atoms with Gasteiger partial charge in [0.25, 0.3) is 10.0 Å². The van der Waals surface area contributed by atoms with Gasteiger partial charge in [-0.1, -0.05) is 6.07 Å². The Bertz CT molecular complexity index is 583. The molecule has 0 radical (unpaired) electrons. The Morgan fingerprint density at radius 3 is 2.52 bits per heavy atom. The lowest BCUT2D eigenvalue weighted by atomic mass is 10.2. The maximum atomic E-state index is 12.5. The Kier molecular flexibility index (Phi) is 5.17. The number of ether oxygens (including phenoxy) is 1. The maximum absolute atomic E-state index is 12.5. The minimum atomic E-state index is -3.73. The number of sulfonamides is 1. The first-order valence-corrected chi connectivity index (χ1v) is 8.18. The van der Waals surface area contributed by atoms with E-state index in [-0.39, 0.29) is 17.3 Å². The molecule has 0 spiro atoms. The Morgan fingerprint density at radius 2 is 1.95 bits per heavy atom. The smallest absolute Gasteiger partial charge is 0.257 e. The van der Waals surface area contributed by atoms with Crippen LogP contribution < -0.4 is 9.57 Å². The molecular formula is C13H21N3O4S. The van der Waals surface area contributed by atoms with E-state index in [0.29, 0.717) is 18.7 Å². The highest BCUT2D eigenvalue weighted by Crippen LogP contribution is 2.25. The van der Waals surface area contributed by atoms with Crippen molar-refractivity contribution >= 4 is 10.0 Å². The van der Waals surface area contributed by atoms with E-state index >= 15 is 0 Å². The molecule has 0 atom stereocenters. The van der Waals surface area contributed by atoms with E-state index in [9.17, 15) is 8.42 Å². The summed E-state index contributed by atoms with van der Waals surface area (Å²) < 4.78 is 30.1. The molecule has 1 aliphatic heterocycles. The fraction of sp³-hybridized carbons (Fsp3) is 0.538. The third-order valence-electron chi connectivity index (χ3n) is 3.45. The summed E-state index contributed by atoms with van der Waals surface area (Å²) in [5.41, 5.74) is 0.523. The van der Waals surface area contributed by atoms with Crippen LogP contribution in [0.3, 0.4) is 0 Å². The predicted octanol–water partition coefficient (Wildman–Crippen LogP) is -0.372. The second kappa shape index (κ2) is 6.71. The van der Waals surface area contributed by atoms with Crippen molar-refractivity contribution in [3.63, 3.8) is 0 Å². The predicted molar refractivity (Wildman–Crippen MR) is 78.3 cm³/mol. The average Bonchev–Trinajstić information content (AvgIpc) is 2.48. The lowest BCUT2D eigenvalue weighted by Crippen LogP contribution is -2.52. The summed E-state index contributed by atoms with van der Waals surface area (Å²) in [7, 11) is -0.312. The van der Waals surface area contributed by atoms with E-state index in [1.165, 1.54) is 13.2 Å². The van der Waals surface area contributed by atoms with Gasteiger partial charge in [-0.15, -0.1) is 4.83 Å². The van der Waals surface area contributed by atoms with Crippen LogP contribution in [-0.4, -0.2) is 63.8 Å². The summed E-state index contributed by atoms with van der Waals surface area (Å²) in [5.74, 6) is 0.258. The molecule has 0 saturated carbocycles. The highest BCUT2D eigenvalue weighted by atomic mass is 32.2. The molecule has 0 unspecified atom stereocenters. The molecule has 1 heterocycles. The SMILES string of the molecule is COc1ccc(CO)cc1S(=O)(=O)NN1CCN(C)CC1. The lowest BCUT2D eigenvalue weighted by Gasteiger charge is -2.32. The van der Waals surface area contributed by atoms with E-state index in [1.54, 1.807) is 17.1 Å². The quantitative estimate of drug-likeness (QED) is 0.771. The summed E-state index contributed by atoms with van der Waals surface area (Å²) in [4.78, 5) is 4.75. The zero-order valence-electron chi connectivity index (χ0n) is 12.2. The van der Waals surface area contributed by atoms with E-state index in [1.807, 2.05) is 7.05 Å². The molecule has 1 aromatic rings. The Morgan fingerprint density at radius 1 is 1.29 bits per heavy atom. The van der Waals surface area contributed by atoms with Crippen LogP contribution >= 0.6 is 0 Å². The third-order valence-corrected chi connectivity index (χ3v) is 4.85. The van der Waals surface area contributed by atoms with Crippen molar-refractivity contribution < 1.29 is 18.3 Å². The van der Waals surface area contributed by atoms with Gasteiger partial charge in [-0.05, 0) is 24.7 Å². The van der Waals surface area contributed by atoms with Gasteiger partial charge in [0.05, 0.1) is 13.7 Å². The van der Waals surface area contributed by atoms with Crippen molar-refractivity contribution in [1.82, 2.24) is 14.7 Å². The second-order valence-electron chi connectivity index (χ2n) is 5.03. The molecule has 118 valence electrons. The normalized spacial score (nSPS) is 17.9. The number of hydrogen-bond acceptors (Lipinski definition) is 6. The van der Waals surface area contributed by atoms with Crippen molar-refractivity contribution in [3.05, 3.63) is 23.8 Å². The number of aliphatic hydroxyl groups is 1. The molecule has 1 aliphatic rings. The van der Waals surface area contributed by atoms with Gasteiger partial charge in [0, 0.05) is 26.2 Å². The number of methoxy groups -OCH3 is 1. The topological polar surface area (TPSA) is 82.1 Å². The summed E-state index contributed by atoms with van der Waals surface area (Å²) in [6.07, 6.45) is 0. The van der Waals surface area contributed by atoms with Crippen molar-refractivity contribution in [1.29, 1.82) is 0 Å². The van der Waals surface area contributed by atoms with Gasteiger partial charge in [-0.3, -0.25) is 0 Å². The van der Waals surface area contributed by atoms with Crippen molar-refractivity contribution in [3.8, 4) is 5.75 Å². The molecule has 0 amide bonds. The number of hydrogen-bond donors (Lipinski definition) is 2. The van der Waals surface area contributed by atoms with Gasteiger partial charge in [0.1, 0.15) is 10.6 Å². The van der Waals surface area contributed by atoms with Crippen LogP contribution in [0.1, 0.15) is 5.56 Å². The fourth-order valence-corrected chi connectivity index (χ4v) is 3.49. The molecule has 1 fully saturated rings. The van der Waals surface area contributed by atoms with Crippen LogP contribution in [0.5, 0.6) is 5.75 Å². The summed E-state index contributed by atoms with van der Waals surface area (Å²) in [6.45, 7) is 2.63. The number of likely N-dealkylation sites (N-methyl/N-ethyl adjacent to an activating group) is 1. The van der Waals surface area contributed by atoms with Gasteiger partial charge in [-0.25, -0.2) is 13.4 Å². The van der Waals surface area contributed by atoms with Gasteiger partial charge in [0.2, 0.25) is 0 Å². The molecule has 1 saturated heterocycles. The Balaban J connectivity index is 2.22. The van der Waals surface area contributed by atoms with E-state index < -0.39 is 10.0 Å². The second-order valence-corrected chi connectivity index (χ2v) is 6.66. The molecule has 1 aromatic carbocycles. The maximum Gasteiger partial charge on any atom is 0.257 e. The zero-order chi connectivity index (χ0) is 15.5.